The molecule has 3 heterocycles. The van der Waals surface area contributed by atoms with Crippen molar-refractivity contribution in [2.75, 3.05) is 17.8 Å². The molecule has 0 aliphatic rings. The van der Waals surface area contributed by atoms with E-state index in [1.165, 1.54) is 6.92 Å². The molecule has 0 saturated heterocycles. The number of aromatic nitrogens is 6. The van der Waals surface area contributed by atoms with Gasteiger partial charge in [0.2, 0.25) is 36.8 Å². The molecule has 6 rings (SSSR count). The molecule has 0 saturated carbocycles. The maximum atomic E-state index is 11.7. The predicted octanol–water partition coefficient (Wildman–Crippen LogP) is 4.26. The molecule has 270 valence electrons. The Morgan fingerprint density at radius 2 is 1.00 bits per heavy atom. The number of nitrogens with zero attached hydrogens (tertiary/aromatic N) is 6. The third-order valence-electron chi connectivity index (χ3n) is 6.56. The van der Waals surface area contributed by atoms with Gasteiger partial charge in [0.1, 0.15) is 0 Å². The molecule has 0 aliphatic carbocycles. The lowest BCUT2D eigenvalue weighted by Crippen LogP contribution is -2.26. The molecular formula is C32H34N6O10S3. The smallest absolute Gasteiger partial charge is 0.339 e. The zero-order chi connectivity index (χ0) is 37.4. The molecule has 0 amide bonds. The van der Waals surface area contributed by atoms with E-state index < -0.39 is 19.7 Å². The van der Waals surface area contributed by atoms with Crippen LogP contribution in [0.15, 0.2) is 120 Å². The van der Waals surface area contributed by atoms with Crippen molar-refractivity contribution in [3.05, 3.63) is 107 Å². The van der Waals surface area contributed by atoms with Gasteiger partial charge < -0.3 is 15.6 Å². The van der Waals surface area contributed by atoms with E-state index in [0.29, 0.717) is 26.7 Å². The van der Waals surface area contributed by atoms with Gasteiger partial charge in [-0.25, -0.2) is 16.8 Å². The van der Waals surface area contributed by atoms with Crippen molar-refractivity contribution in [1.82, 2.24) is 15.5 Å². The van der Waals surface area contributed by atoms with Crippen molar-refractivity contribution in [3.63, 3.8) is 0 Å². The highest BCUT2D eigenvalue weighted by Crippen LogP contribution is 2.31. The first kappa shape index (κ1) is 38.5. The van der Waals surface area contributed by atoms with E-state index in [1.807, 2.05) is 30.3 Å². The highest BCUT2D eigenvalue weighted by Gasteiger charge is 2.32. The van der Waals surface area contributed by atoms with E-state index in [2.05, 4.69) is 45.5 Å². The maximum absolute atomic E-state index is 11.7. The molecule has 0 radical (unpaired) electrons. The normalized spacial score (nSPS) is 11.6. The van der Waals surface area contributed by atoms with Gasteiger partial charge in [-0.05, 0) is 20.1 Å². The SMILES string of the molecule is CC(C)(C)CSc1no[n+]([O-])c1-c1ccccc1.CCS(=O)(=O)c1no[n+]([O-])c1-c1ccccc1.CS(=O)(=O)c1no[n+]([O-])c1-c1ccccc1. The van der Waals surface area contributed by atoms with Crippen LogP contribution in [0.25, 0.3) is 33.8 Å². The Bertz CT molecular complexity index is 2250. The van der Waals surface area contributed by atoms with Crippen molar-refractivity contribution in [2.24, 2.45) is 5.41 Å². The molecular weight excluding hydrogens is 725 g/mol. The second kappa shape index (κ2) is 16.2. The van der Waals surface area contributed by atoms with E-state index in [4.69, 9.17) is 4.63 Å². The van der Waals surface area contributed by atoms with Crippen LogP contribution in [0.5, 0.6) is 0 Å². The summed E-state index contributed by atoms with van der Waals surface area (Å²) >= 11 is 1.54. The summed E-state index contributed by atoms with van der Waals surface area (Å²) in [6.45, 7) is 7.92. The molecule has 19 heteroatoms. The molecule has 3 aromatic heterocycles. The Kier molecular flexibility index (Phi) is 12.2. The predicted molar refractivity (Wildman–Crippen MR) is 184 cm³/mol. The highest BCUT2D eigenvalue weighted by molar-refractivity contribution is 7.99. The second-order valence-corrected chi connectivity index (χ2v) is 17.0. The standard InChI is InChI=1S/C13H16N2O2S.C10H10N2O4S.C9H8N2O4S/c1-13(2,3)9-18-12-11(15(16)17-14-12)10-7-5-4-6-8-10;1-2-17(14,15)10-9(12(13)16-11-10)8-6-4-3-5-7-8;1-16(13,14)9-8(11(12)15-10-9)7-5-3-2-4-6-7/h4-8H,9H2,1-3H3;3-7H,2H2,1H3;2-6H,1H3. The fourth-order valence-electron chi connectivity index (χ4n) is 4.15. The van der Waals surface area contributed by atoms with E-state index >= 15 is 0 Å². The lowest BCUT2D eigenvalue weighted by atomic mass is 10.0. The number of hydrogen-bond acceptors (Lipinski definition) is 14. The van der Waals surface area contributed by atoms with Crippen molar-refractivity contribution in [1.29, 1.82) is 0 Å². The molecule has 0 spiro atoms. The van der Waals surface area contributed by atoms with Gasteiger partial charge in [0, 0.05) is 28.7 Å². The van der Waals surface area contributed by atoms with E-state index in [-0.39, 0.29) is 42.4 Å². The average Bonchev–Trinajstić information content (AvgIpc) is 3.81. The van der Waals surface area contributed by atoms with Crippen molar-refractivity contribution < 1.29 is 45.4 Å². The molecule has 0 bridgehead atoms. The molecule has 3 aromatic carbocycles. The zero-order valence-corrected chi connectivity index (χ0v) is 30.5. The van der Waals surface area contributed by atoms with E-state index in [0.717, 1.165) is 17.6 Å². The summed E-state index contributed by atoms with van der Waals surface area (Å²) in [5.74, 6) is 0.735. The first-order valence-electron chi connectivity index (χ1n) is 15.0. The second-order valence-electron chi connectivity index (χ2n) is 11.9. The van der Waals surface area contributed by atoms with Gasteiger partial charge in [0.15, 0.2) is 0 Å². The summed E-state index contributed by atoms with van der Waals surface area (Å²) in [5.41, 5.74) is 2.21. The third kappa shape index (κ3) is 9.92. The molecule has 0 aliphatic heterocycles. The molecule has 0 atom stereocenters. The molecule has 16 nitrogen and oxygen atoms in total. The molecule has 0 unspecified atom stereocenters. The number of rotatable bonds is 8. The lowest BCUT2D eigenvalue weighted by Gasteiger charge is -2.15. The quantitative estimate of drug-likeness (QED) is 0.156. The Morgan fingerprint density at radius 1 is 0.627 bits per heavy atom. The number of hydrogen-bond donors (Lipinski definition) is 0. The minimum absolute atomic E-state index is 0.0764. The summed E-state index contributed by atoms with van der Waals surface area (Å²) in [7, 11) is -7.17. The molecule has 0 fully saturated rings. The Labute approximate surface area is 297 Å². The van der Waals surface area contributed by atoms with Crippen LogP contribution in [0.3, 0.4) is 0 Å². The van der Waals surface area contributed by atoms with Gasteiger partial charge in [0.25, 0.3) is 5.03 Å². The average molecular weight is 759 g/mol. The minimum Gasteiger partial charge on any atom is -0.359 e. The lowest BCUT2D eigenvalue weighted by molar-refractivity contribution is -0.793. The largest absolute Gasteiger partial charge is 0.359 e. The minimum atomic E-state index is -3.59. The fourth-order valence-corrected chi connectivity index (χ4v) is 6.75. The molecule has 0 N–H and O–H groups in total. The van der Waals surface area contributed by atoms with Crippen molar-refractivity contribution in [3.8, 4) is 33.8 Å². The van der Waals surface area contributed by atoms with Crippen LogP contribution in [0.4, 0.5) is 0 Å². The fraction of sp³-hybridized carbons (Fsp3) is 0.250. The summed E-state index contributed by atoms with van der Waals surface area (Å²) in [5, 5.41) is 44.8. The Hall–Kier alpha value is -5.27. The number of benzene rings is 3. The summed E-state index contributed by atoms with van der Waals surface area (Å²) < 4.78 is 59.6. The summed E-state index contributed by atoms with van der Waals surface area (Å²) in [6.07, 6.45) is 0.970. The number of thioether (sulfide) groups is 1. The van der Waals surface area contributed by atoms with Gasteiger partial charge in [-0.2, -0.15) is 0 Å². The Balaban J connectivity index is 0.000000172. The monoisotopic (exact) mass is 758 g/mol. The van der Waals surface area contributed by atoms with E-state index in [1.54, 1.807) is 72.4 Å². The van der Waals surface area contributed by atoms with Gasteiger partial charge in [0.05, 0.1) is 21.2 Å². The van der Waals surface area contributed by atoms with Gasteiger partial charge >= 0.3 is 10.1 Å². The number of sulfone groups is 2. The van der Waals surface area contributed by atoms with Crippen molar-refractivity contribution >= 4 is 31.4 Å². The zero-order valence-electron chi connectivity index (χ0n) is 28.1. The van der Waals surface area contributed by atoms with E-state index in [9.17, 15) is 32.5 Å². The Morgan fingerprint density at radius 3 is 1.41 bits per heavy atom. The maximum Gasteiger partial charge on any atom is 0.339 e. The van der Waals surface area contributed by atoms with Crippen LogP contribution in [-0.2, 0) is 19.7 Å². The van der Waals surface area contributed by atoms with Crippen LogP contribution in [0.2, 0.25) is 0 Å². The van der Waals surface area contributed by atoms with Crippen LogP contribution in [0.1, 0.15) is 27.7 Å². The van der Waals surface area contributed by atoms with Crippen LogP contribution >= 0.6 is 11.8 Å². The van der Waals surface area contributed by atoms with Crippen molar-refractivity contribution in [2.45, 2.75) is 42.8 Å². The topological polar surface area (TPSA) is 227 Å². The summed E-state index contributed by atoms with van der Waals surface area (Å²) in [4.78, 5) is 0.671. The first-order valence-corrected chi connectivity index (χ1v) is 19.6. The molecule has 6 aromatic rings. The summed E-state index contributed by atoms with van der Waals surface area (Å²) in [6, 6.07) is 26.2. The third-order valence-corrected chi connectivity index (χ3v) is 10.7. The molecule has 51 heavy (non-hydrogen) atoms. The highest BCUT2D eigenvalue weighted by atomic mass is 32.2. The first-order chi connectivity index (χ1) is 24.0. The van der Waals surface area contributed by atoms with Gasteiger partial charge in [-0.1, -0.05) is 130 Å². The van der Waals surface area contributed by atoms with Crippen LogP contribution in [-0.4, -0.2) is 50.1 Å². The van der Waals surface area contributed by atoms with Gasteiger partial charge in [-0.3, -0.25) is 13.9 Å². The van der Waals surface area contributed by atoms with Crippen LogP contribution in [0, 0.1) is 21.0 Å². The van der Waals surface area contributed by atoms with Gasteiger partial charge in [-0.15, -0.1) is 0 Å². The van der Waals surface area contributed by atoms with Crippen LogP contribution < -0.4 is 14.7 Å².